The molecule has 2 heteroatoms. The van der Waals surface area contributed by atoms with Crippen LogP contribution in [0.1, 0.15) is 25.3 Å². The quantitative estimate of drug-likeness (QED) is 0.763. The molecular weight excluding hydrogens is 160 g/mol. The Kier molecular flexibility index (Phi) is 3.90. The molecule has 0 bridgehead atoms. The Morgan fingerprint density at radius 2 is 1.92 bits per heavy atom. The molecule has 0 saturated heterocycles. The number of pyridine rings is 1. The van der Waals surface area contributed by atoms with E-state index in [0.717, 1.165) is 6.54 Å². The molecule has 72 valence electrons. The van der Waals surface area contributed by atoms with Crippen LogP contribution < -0.4 is 5.32 Å². The van der Waals surface area contributed by atoms with Gasteiger partial charge in [0.05, 0.1) is 0 Å². The Labute approximate surface area is 80.4 Å². The Bertz CT molecular complexity index is 231. The van der Waals surface area contributed by atoms with Crippen molar-refractivity contribution in [2.45, 2.75) is 19.8 Å². The van der Waals surface area contributed by atoms with Crippen molar-refractivity contribution in [1.82, 2.24) is 10.3 Å². The van der Waals surface area contributed by atoms with Crippen LogP contribution in [0.3, 0.4) is 0 Å². The van der Waals surface area contributed by atoms with Gasteiger partial charge in [0.15, 0.2) is 0 Å². The number of rotatable bonds is 4. The van der Waals surface area contributed by atoms with Gasteiger partial charge in [0.25, 0.3) is 0 Å². The monoisotopic (exact) mass is 178 g/mol. The maximum atomic E-state index is 4.03. The van der Waals surface area contributed by atoms with E-state index in [-0.39, 0.29) is 0 Å². The predicted octanol–water partition coefficient (Wildman–Crippen LogP) is 2.04. The number of nitrogens with zero attached hydrogens (tertiary/aromatic N) is 1. The molecule has 1 heterocycles. The van der Waals surface area contributed by atoms with Gasteiger partial charge in [-0.2, -0.15) is 0 Å². The molecule has 0 saturated carbocycles. The third-order valence-electron chi connectivity index (χ3n) is 2.36. The van der Waals surface area contributed by atoms with E-state index in [1.54, 1.807) is 0 Å². The van der Waals surface area contributed by atoms with Crippen molar-refractivity contribution >= 4 is 0 Å². The van der Waals surface area contributed by atoms with Gasteiger partial charge < -0.3 is 5.32 Å². The molecule has 2 nitrogen and oxygen atoms in total. The Hall–Kier alpha value is -0.890. The second kappa shape index (κ2) is 4.97. The molecule has 0 fully saturated rings. The predicted molar refractivity (Wildman–Crippen MR) is 55.7 cm³/mol. The largest absolute Gasteiger partial charge is 0.319 e. The molecule has 0 aromatic carbocycles. The molecule has 1 N–H and O–H groups in total. The van der Waals surface area contributed by atoms with Crippen LogP contribution in [-0.2, 0) is 0 Å². The zero-order valence-electron chi connectivity index (χ0n) is 8.62. The zero-order chi connectivity index (χ0) is 9.68. The summed E-state index contributed by atoms with van der Waals surface area (Å²) in [6.45, 7) is 5.53. The van der Waals surface area contributed by atoms with E-state index in [9.17, 15) is 0 Å². The maximum absolute atomic E-state index is 4.03. The molecule has 13 heavy (non-hydrogen) atoms. The minimum atomic E-state index is 0.591. The highest BCUT2D eigenvalue weighted by molar-refractivity contribution is 5.16. The fourth-order valence-electron chi connectivity index (χ4n) is 1.57. The molecule has 0 radical (unpaired) electrons. The van der Waals surface area contributed by atoms with Crippen LogP contribution in [0.15, 0.2) is 24.5 Å². The van der Waals surface area contributed by atoms with E-state index in [0.29, 0.717) is 11.8 Å². The van der Waals surface area contributed by atoms with Crippen molar-refractivity contribution in [2.75, 3.05) is 13.6 Å². The van der Waals surface area contributed by atoms with Crippen LogP contribution >= 0.6 is 0 Å². The maximum Gasteiger partial charge on any atom is 0.0270 e. The minimum absolute atomic E-state index is 0.591. The first-order valence-corrected chi connectivity index (χ1v) is 4.80. The average Bonchev–Trinajstić information content (AvgIpc) is 2.15. The second-order valence-corrected chi connectivity index (χ2v) is 3.69. The summed E-state index contributed by atoms with van der Waals surface area (Å²) in [6, 6.07) is 4.20. The van der Waals surface area contributed by atoms with Crippen molar-refractivity contribution in [1.29, 1.82) is 0 Å². The number of likely N-dealkylation sites (N-methyl/N-ethyl adjacent to an activating group) is 1. The van der Waals surface area contributed by atoms with E-state index in [4.69, 9.17) is 0 Å². The number of nitrogens with one attached hydrogen (secondary N) is 1. The molecule has 1 rings (SSSR count). The van der Waals surface area contributed by atoms with Gasteiger partial charge in [-0.3, -0.25) is 4.98 Å². The first-order chi connectivity index (χ1) is 6.25. The second-order valence-electron chi connectivity index (χ2n) is 3.69. The van der Waals surface area contributed by atoms with Crippen LogP contribution in [0.2, 0.25) is 0 Å². The number of hydrogen-bond acceptors (Lipinski definition) is 2. The molecule has 0 spiro atoms. The highest BCUT2D eigenvalue weighted by atomic mass is 14.8. The molecule has 0 aliphatic heterocycles. The summed E-state index contributed by atoms with van der Waals surface area (Å²) in [6.07, 6.45) is 3.72. The van der Waals surface area contributed by atoms with Crippen molar-refractivity contribution < 1.29 is 0 Å². The Morgan fingerprint density at radius 3 is 2.38 bits per heavy atom. The van der Waals surface area contributed by atoms with Crippen molar-refractivity contribution in [3.8, 4) is 0 Å². The Balaban J connectivity index is 2.76. The van der Waals surface area contributed by atoms with E-state index in [1.807, 2.05) is 19.4 Å². The lowest BCUT2D eigenvalue weighted by molar-refractivity contribution is 0.478. The molecule has 1 atom stereocenters. The minimum Gasteiger partial charge on any atom is -0.319 e. The van der Waals surface area contributed by atoms with Crippen LogP contribution in [0, 0.1) is 5.92 Å². The van der Waals surface area contributed by atoms with E-state index in [2.05, 4.69) is 36.3 Å². The standard InChI is InChI=1S/C11H18N2/c1-9(2)11(8-12-3)10-4-6-13-7-5-10/h4-7,9,11-12H,8H2,1-3H3. The van der Waals surface area contributed by atoms with Gasteiger partial charge in [0, 0.05) is 18.9 Å². The summed E-state index contributed by atoms with van der Waals surface area (Å²) >= 11 is 0. The van der Waals surface area contributed by atoms with Gasteiger partial charge in [-0.05, 0) is 36.6 Å². The summed E-state index contributed by atoms with van der Waals surface area (Å²) in [4.78, 5) is 4.03. The molecular formula is C11H18N2. The summed E-state index contributed by atoms with van der Waals surface area (Å²) in [5, 5.41) is 3.23. The zero-order valence-corrected chi connectivity index (χ0v) is 8.62. The van der Waals surface area contributed by atoms with Crippen molar-refractivity contribution in [2.24, 2.45) is 5.92 Å². The smallest absolute Gasteiger partial charge is 0.0270 e. The third-order valence-corrected chi connectivity index (χ3v) is 2.36. The number of aromatic nitrogens is 1. The van der Waals surface area contributed by atoms with Gasteiger partial charge in [-0.15, -0.1) is 0 Å². The molecule has 0 aliphatic rings. The summed E-state index contributed by atoms with van der Waals surface area (Å²) in [7, 11) is 2.00. The molecule has 1 aromatic rings. The van der Waals surface area contributed by atoms with Gasteiger partial charge >= 0.3 is 0 Å². The van der Waals surface area contributed by atoms with Gasteiger partial charge in [0.1, 0.15) is 0 Å². The lowest BCUT2D eigenvalue weighted by atomic mass is 9.89. The van der Waals surface area contributed by atoms with Crippen LogP contribution in [0.4, 0.5) is 0 Å². The number of hydrogen-bond donors (Lipinski definition) is 1. The topological polar surface area (TPSA) is 24.9 Å². The first-order valence-electron chi connectivity index (χ1n) is 4.80. The molecule has 0 amide bonds. The summed E-state index contributed by atoms with van der Waals surface area (Å²) in [5.41, 5.74) is 1.37. The summed E-state index contributed by atoms with van der Waals surface area (Å²) < 4.78 is 0. The lowest BCUT2D eigenvalue weighted by Gasteiger charge is -2.20. The lowest BCUT2D eigenvalue weighted by Crippen LogP contribution is -2.21. The highest BCUT2D eigenvalue weighted by Gasteiger charge is 2.13. The molecule has 1 unspecified atom stereocenters. The third kappa shape index (κ3) is 2.81. The van der Waals surface area contributed by atoms with E-state index in [1.165, 1.54) is 5.56 Å². The normalized spacial score (nSPS) is 13.2. The fourth-order valence-corrected chi connectivity index (χ4v) is 1.57. The van der Waals surface area contributed by atoms with Crippen LogP contribution in [-0.4, -0.2) is 18.6 Å². The first kappa shape index (κ1) is 10.2. The van der Waals surface area contributed by atoms with Crippen LogP contribution in [0.5, 0.6) is 0 Å². The fraction of sp³-hybridized carbons (Fsp3) is 0.545. The van der Waals surface area contributed by atoms with E-state index < -0.39 is 0 Å². The van der Waals surface area contributed by atoms with Crippen molar-refractivity contribution in [3.05, 3.63) is 30.1 Å². The molecule has 0 aliphatic carbocycles. The van der Waals surface area contributed by atoms with Crippen LogP contribution in [0.25, 0.3) is 0 Å². The van der Waals surface area contributed by atoms with Gasteiger partial charge in [0.2, 0.25) is 0 Å². The van der Waals surface area contributed by atoms with Gasteiger partial charge in [-0.25, -0.2) is 0 Å². The highest BCUT2D eigenvalue weighted by Crippen LogP contribution is 2.22. The SMILES string of the molecule is CNCC(c1ccncc1)C(C)C. The molecule has 1 aromatic heterocycles. The average molecular weight is 178 g/mol. The van der Waals surface area contributed by atoms with Gasteiger partial charge in [-0.1, -0.05) is 13.8 Å². The Morgan fingerprint density at radius 1 is 1.31 bits per heavy atom. The van der Waals surface area contributed by atoms with Crippen molar-refractivity contribution in [3.63, 3.8) is 0 Å². The van der Waals surface area contributed by atoms with E-state index >= 15 is 0 Å². The summed E-state index contributed by atoms with van der Waals surface area (Å²) in [5.74, 6) is 1.25.